The third-order valence-corrected chi connectivity index (χ3v) is 6.14. The Morgan fingerprint density at radius 1 is 0.971 bits per heavy atom. The highest BCUT2D eigenvalue weighted by Gasteiger charge is 2.16. The van der Waals surface area contributed by atoms with Gasteiger partial charge in [0.15, 0.2) is 5.75 Å². The van der Waals surface area contributed by atoms with Crippen LogP contribution in [0.2, 0.25) is 0 Å². The molecule has 3 aromatic rings. The van der Waals surface area contributed by atoms with Crippen LogP contribution in [0, 0.1) is 6.92 Å². The highest BCUT2D eigenvalue weighted by Crippen LogP contribution is 2.32. The number of hydrazone groups is 1. The minimum atomic E-state index is -0.528. The summed E-state index contributed by atoms with van der Waals surface area (Å²) in [5.41, 5.74) is 4.54. The van der Waals surface area contributed by atoms with Crippen LogP contribution >= 0.6 is 47.8 Å². The number of nitrogens with zero attached hydrogens (tertiary/aromatic N) is 1. The number of aryl methyl sites for hydroxylation is 1. The van der Waals surface area contributed by atoms with Gasteiger partial charge in [-0.25, -0.2) is 10.2 Å². The first-order chi connectivity index (χ1) is 16.2. The second-order valence-electron chi connectivity index (χ2n) is 7.02. The maximum atomic E-state index is 12.6. The largest absolute Gasteiger partial charge is 0.421 e. The Balaban J connectivity index is 1.66. The number of ether oxygens (including phenoxy) is 1. The van der Waals surface area contributed by atoms with Crippen LogP contribution in [0.1, 0.15) is 31.8 Å². The van der Waals surface area contributed by atoms with Gasteiger partial charge >= 0.3 is 5.97 Å². The van der Waals surface area contributed by atoms with E-state index in [1.54, 1.807) is 54.6 Å². The average molecular weight is 652 g/mol. The van der Waals surface area contributed by atoms with Gasteiger partial charge in [0.05, 0.1) is 28.4 Å². The molecule has 0 aliphatic carbocycles. The van der Waals surface area contributed by atoms with Crippen molar-refractivity contribution in [1.29, 1.82) is 0 Å². The van der Waals surface area contributed by atoms with Gasteiger partial charge in [0, 0.05) is 14.5 Å². The van der Waals surface area contributed by atoms with E-state index in [1.807, 2.05) is 13.0 Å². The lowest BCUT2D eigenvalue weighted by molar-refractivity contribution is -0.120. The first kappa shape index (κ1) is 25.8. The Labute approximate surface area is 221 Å². The molecular weight excluding hydrogens is 634 g/mol. The van der Waals surface area contributed by atoms with Crippen LogP contribution in [0.25, 0.3) is 0 Å². The Morgan fingerprint density at radius 2 is 1.74 bits per heavy atom. The predicted molar refractivity (Wildman–Crippen MR) is 140 cm³/mol. The van der Waals surface area contributed by atoms with Crippen molar-refractivity contribution in [2.75, 3.05) is 6.54 Å². The normalized spacial score (nSPS) is 10.7. The number of carbonyl (C=O) groups excluding carboxylic acids is 3. The minimum absolute atomic E-state index is 0.245. The summed E-state index contributed by atoms with van der Waals surface area (Å²) in [6.45, 7) is 1.61. The molecule has 0 bridgehead atoms. The number of benzene rings is 3. The second kappa shape index (κ2) is 12.0. The van der Waals surface area contributed by atoms with E-state index in [9.17, 15) is 14.4 Å². The first-order valence-corrected chi connectivity index (χ1v) is 12.2. The third-order valence-electron chi connectivity index (χ3n) is 4.41. The molecule has 0 aromatic heterocycles. The van der Waals surface area contributed by atoms with Crippen molar-refractivity contribution in [3.05, 3.63) is 96.3 Å². The monoisotopic (exact) mass is 649 g/mol. The lowest BCUT2D eigenvalue weighted by atomic mass is 10.1. The highest BCUT2D eigenvalue weighted by atomic mass is 79.9. The van der Waals surface area contributed by atoms with Crippen LogP contribution in [0.15, 0.2) is 79.2 Å². The second-order valence-corrected chi connectivity index (χ2v) is 9.65. The summed E-state index contributed by atoms with van der Waals surface area (Å²) < 4.78 is 7.46. The Kier molecular flexibility index (Phi) is 9.14. The van der Waals surface area contributed by atoms with E-state index < -0.39 is 17.8 Å². The summed E-state index contributed by atoms with van der Waals surface area (Å²) in [6, 6.07) is 17.4. The van der Waals surface area contributed by atoms with Gasteiger partial charge in [-0.15, -0.1) is 0 Å². The van der Waals surface area contributed by atoms with Crippen molar-refractivity contribution in [3.63, 3.8) is 0 Å². The molecule has 0 unspecified atom stereocenters. The van der Waals surface area contributed by atoms with Gasteiger partial charge in [0.2, 0.25) is 0 Å². The van der Waals surface area contributed by atoms with E-state index in [2.05, 4.69) is 63.6 Å². The standard InChI is InChI=1S/C24H18Br3N3O4/c1-14-5-4-6-15(9-14)24(33)34-22-16(10-17(25)11-20(22)27)12-29-30-21(31)13-28-23(32)18-7-2-3-8-19(18)26/h2-12H,13H2,1H3,(H,28,32)(H,30,31)/b29-12+. The summed E-state index contributed by atoms with van der Waals surface area (Å²) in [5, 5.41) is 6.46. The zero-order chi connectivity index (χ0) is 24.7. The number of rotatable bonds is 7. The minimum Gasteiger partial charge on any atom is -0.421 e. The third kappa shape index (κ3) is 7.09. The predicted octanol–water partition coefficient (Wildman–Crippen LogP) is 5.38. The van der Waals surface area contributed by atoms with Crippen molar-refractivity contribution in [1.82, 2.24) is 10.7 Å². The molecule has 0 atom stereocenters. The topological polar surface area (TPSA) is 96.9 Å². The number of hydrogen-bond acceptors (Lipinski definition) is 5. The van der Waals surface area contributed by atoms with Crippen LogP contribution in [0.3, 0.4) is 0 Å². The summed E-state index contributed by atoms with van der Waals surface area (Å²) in [6.07, 6.45) is 1.35. The maximum absolute atomic E-state index is 12.6. The van der Waals surface area contributed by atoms with Gasteiger partial charge in [-0.2, -0.15) is 5.10 Å². The van der Waals surface area contributed by atoms with Crippen molar-refractivity contribution in [2.45, 2.75) is 6.92 Å². The molecule has 0 spiro atoms. The molecule has 7 nitrogen and oxygen atoms in total. The molecule has 0 aliphatic heterocycles. The molecule has 0 heterocycles. The number of amides is 2. The lowest BCUT2D eigenvalue weighted by Gasteiger charge is -2.11. The zero-order valence-electron chi connectivity index (χ0n) is 17.8. The van der Waals surface area contributed by atoms with Gasteiger partial charge < -0.3 is 10.1 Å². The van der Waals surface area contributed by atoms with Crippen molar-refractivity contribution in [3.8, 4) is 5.75 Å². The zero-order valence-corrected chi connectivity index (χ0v) is 22.5. The molecular formula is C24H18Br3N3O4. The molecule has 0 saturated heterocycles. The molecule has 3 rings (SSSR count). The number of carbonyl (C=O) groups is 3. The molecule has 174 valence electrons. The van der Waals surface area contributed by atoms with Gasteiger partial charge in [-0.05, 0) is 75.2 Å². The fraction of sp³-hybridized carbons (Fsp3) is 0.0833. The van der Waals surface area contributed by atoms with Crippen LogP contribution in [-0.2, 0) is 4.79 Å². The van der Waals surface area contributed by atoms with Gasteiger partial charge in [0.25, 0.3) is 11.8 Å². The fourth-order valence-corrected chi connectivity index (χ4v) is 4.63. The van der Waals surface area contributed by atoms with E-state index in [0.717, 1.165) is 5.56 Å². The van der Waals surface area contributed by atoms with Crippen molar-refractivity contribution in [2.24, 2.45) is 5.10 Å². The van der Waals surface area contributed by atoms with E-state index in [0.29, 0.717) is 30.1 Å². The number of hydrogen-bond donors (Lipinski definition) is 2. The quantitative estimate of drug-likeness (QED) is 0.155. The molecule has 0 radical (unpaired) electrons. The van der Waals surface area contributed by atoms with Gasteiger partial charge in [0.1, 0.15) is 0 Å². The van der Waals surface area contributed by atoms with E-state index in [1.165, 1.54) is 6.21 Å². The smallest absolute Gasteiger partial charge is 0.343 e. The summed E-state index contributed by atoms with van der Waals surface area (Å²) >= 11 is 10.1. The first-order valence-electron chi connectivity index (χ1n) is 9.87. The Morgan fingerprint density at radius 3 is 2.47 bits per heavy atom. The number of nitrogens with one attached hydrogen (secondary N) is 2. The summed E-state index contributed by atoms with van der Waals surface area (Å²) in [7, 11) is 0. The maximum Gasteiger partial charge on any atom is 0.343 e. The lowest BCUT2D eigenvalue weighted by Crippen LogP contribution is -2.35. The molecule has 2 N–H and O–H groups in total. The fourth-order valence-electron chi connectivity index (χ4n) is 2.82. The van der Waals surface area contributed by atoms with Crippen molar-refractivity contribution >= 4 is 71.8 Å². The summed E-state index contributed by atoms with van der Waals surface area (Å²) in [5.74, 6) is -1.20. The number of esters is 1. The highest BCUT2D eigenvalue weighted by molar-refractivity contribution is 9.11. The average Bonchev–Trinajstić information content (AvgIpc) is 2.79. The van der Waals surface area contributed by atoms with Crippen LogP contribution in [-0.4, -0.2) is 30.5 Å². The van der Waals surface area contributed by atoms with E-state index in [4.69, 9.17) is 4.74 Å². The van der Waals surface area contributed by atoms with Gasteiger partial charge in [-0.1, -0.05) is 45.8 Å². The summed E-state index contributed by atoms with van der Waals surface area (Å²) in [4.78, 5) is 36.9. The van der Waals surface area contributed by atoms with E-state index in [-0.39, 0.29) is 12.3 Å². The molecule has 0 fully saturated rings. The van der Waals surface area contributed by atoms with Crippen molar-refractivity contribution < 1.29 is 19.1 Å². The van der Waals surface area contributed by atoms with Crippen LogP contribution in [0.4, 0.5) is 0 Å². The molecule has 0 aliphatic rings. The molecule has 2 amide bonds. The van der Waals surface area contributed by atoms with Gasteiger partial charge in [-0.3, -0.25) is 9.59 Å². The number of halogens is 3. The van der Waals surface area contributed by atoms with Crippen LogP contribution in [0.5, 0.6) is 5.75 Å². The Hall–Kier alpha value is -2.82. The Bertz CT molecular complexity index is 1280. The van der Waals surface area contributed by atoms with E-state index >= 15 is 0 Å². The molecule has 10 heteroatoms. The molecule has 34 heavy (non-hydrogen) atoms. The van der Waals surface area contributed by atoms with Crippen LogP contribution < -0.4 is 15.5 Å². The molecule has 0 saturated carbocycles. The molecule has 3 aromatic carbocycles. The SMILES string of the molecule is Cc1cccc(C(=O)Oc2c(Br)cc(Br)cc2/C=N/NC(=O)CNC(=O)c2ccccc2Br)c1.